The molecule has 0 unspecified atom stereocenters. The second-order valence-electron chi connectivity index (χ2n) is 4.02. The first-order valence-electron chi connectivity index (χ1n) is 5.27. The molecule has 0 aliphatic heterocycles. The van der Waals surface area contributed by atoms with Crippen LogP contribution in [-0.2, 0) is 11.3 Å². The number of aryl methyl sites for hydroxylation is 1. The number of amides is 1. The Hall–Kier alpha value is -1.30. The molecule has 5 nitrogen and oxygen atoms in total. The minimum atomic E-state index is -0.203. The Morgan fingerprint density at radius 1 is 1.47 bits per heavy atom. The third-order valence-corrected chi connectivity index (χ3v) is 2.93. The van der Waals surface area contributed by atoms with Gasteiger partial charge in [-0.2, -0.15) is 0 Å². The fraction of sp³-hybridized carbons (Fsp3) is 0.455. The Labute approximate surface area is 108 Å². The van der Waals surface area contributed by atoms with Gasteiger partial charge < -0.3 is 15.2 Å². The molecule has 1 amide bonds. The van der Waals surface area contributed by atoms with Crippen LogP contribution in [-0.4, -0.2) is 29.5 Å². The lowest BCUT2D eigenvalue weighted by molar-refractivity contribution is -0.128. The Morgan fingerprint density at radius 3 is 2.65 bits per heavy atom. The lowest BCUT2D eigenvalue weighted by Gasteiger charge is -2.11. The van der Waals surface area contributed by atoms with E-state index in [4.69, 9.17) is 5.73 Å². The van der Waals surface area contributed by atoms with Gasteiger partial charge in [0, 0.05) is 39.5 Å². The molecule has 0 saturated carbocycles. The van der Waals surface area contributed by atoms with Crippen LogP contribution < -0.4 is 11.2 Å². The standard InChI is InChI=1S/C11H16BrN3O2/c1-14(2)10(16)4-3-5-15-6-8(12)11(17)9(13)7-15/h6-7H,3-5,13H2,1-2H3. The van der Waals surface area contributed by atoms with Gasteiger partial charge in [-0.05, 0) is 22.4 Å². The van der Waals surface area contributed by atoms with Crippen molar-refractivity contribution in [2.45, 2.75) is 19.4 Å². The monoisotopic (exact) mass is 301 g/mol. The van der Waals surface area contributed by atoms with Crippen LogP contribution in [0.3, 0.4) is 0 Å². The highest BCUT2D eigenvalue weighted by Gasteiger charge is 2.05. The van der Waals surface area contributed by atoms with Crippen LogP contribution in [0, 0.1) is 0 Å². The van der Waals surface area contributed by atoms with Crippen LogP contribution >= 0.6 is 15.9 Å². The first-order valence-corrected chi connectivity index (χ1v) is 6.06. The van der Waals surface area contributed by atoms with Gasteiger partial charge in [-0.15, -0.1) is 0 Å². The molecular weight excluding hydrogens is 286 g/mol. The van der Waals surface area contributed by atoms with E-state index in [0.29, 0.717) is 23.9 Å². The second kappa shape index (κ2) is 5.86. The average molecular weight is 302 g/mol. The van der Waals surface area contributed by atoms with E-state index in [1.165, 1.54) is 0 Å². The van der Waals surface area contributed by atoms with Crippen molar-refractivity contribution in [3.05, 3.63) is 27.1 Å². The molecule has 1 rings (SSSR count). The summed E-state index contributed by atoms with van der Waals surface area (Å²) in [7, 11) is 3.46. The van der Waals surface area contributed by atoms with Crippen LogP contribution in [0.5, 0.6) is 0 Å². The van der Waals surface area contributed by atoms with E-state index in [9.17, 15) is 9.59 Å². The van der Waals surface area contributed by atoms with Gasteiger partial charge in [-0.3, -0.25) is 9.59 Å². The maximum Gasteiger partial charge on any atom is 0.222 e. The highest BCUT2D eigenvalue weighted by Crippen LogP contribution is 2.07. The summed E-state index contributed by atoms with van der Waals surface area (Å²) in [5.74, 6) is 0.0954. The third kappa shape index (κ3) is 3.89. The van der Waals surface area contributed by atoms with Crippen molar-refractivity contribution in [2.75, 3.05) is 19.8 Å². The van der Waals surface area contributed by atoms with Crippen LogP contribution in [0.1, 0.15) is 12.8 Å². The first-order chi connectivity index (χ1) is 7.91. The highest BCUT2D eigenvalue weighted by molar-refractivity contribution is 9.10. The Morgan fingerprint density at radius 2 is 2.12 bits per heavy atom. The van der Waals surface area contributed by atoms with Crippen molar-refractivity contribution in [1.82, 2.24) is 9.47 Å². The molecule has 0 aromatic carbocycles. The van der Waals surface area contributed by atoms with Gasteiger partial charge in [0.25, 0.3) is 0 Å². The van der Waals surface area contributed by atoms with Crippen molar-refractivity contribution < 1.29 is 4.79 Å². The number of hydrogen-bond donors (Lipinski definition) is 1. The number of nitrogens with two attached hydrogens (primary N) is 1. The number of rotatable bonds is 4. The van der Waals surface area contributed by atoms with E-state index in [-0.39, 0.29) is 17.0 Å². The normalized spacial score (nSPS) is 10.3. The molecule has 2 N–H and O–H groups in total. The minimum Gasteiger partial charge on any atom is -0.394 e. The van der Waals surface area contributed by atoms with Crippen molar-refractivity contribution in [3.8, 4) is 0 Å². The summed E-state index contributed by atoms with van der Waals surface area (Å²) >= 11 is 3.15. The summed E-state index contributed by atoms with van der Waals surface area (Å²) in [6.45, 7) is 0.655. The molecule has 0 bridgehead atoms. The molecular formula is C11H16BrN3O2. The number of nitrogens with zero attached hydrogens (tertiary/aromatic N) is 2. The second-order valence-corrected chi connectivity index (χ2v) is 4.87. The summed E-state index contributed by atoms with van der Waals surface area (Å²) in [6, 6.07) is 0. The van der Waals surface area contributed by atoms with E-state index in [2.05, 4.69) is 15.9 Å². The van der Waals surface area contributed by atoms with Crippen LogP contribution in [0.4, 0.5) is 5.69 Å². The van der Waals surface area contributed by atoms with Crippen molar-refractivity contribution in [3.63, 3.8) is 0 Å². The van der Waals surface area contributed by atoms with Crippen LogP contribution in [0.2, 0.25) is 0 Å². The molecule has 0 radical (unpaired) electrons. The largest absolute Gasteiger partial charge is 0.394 e. The predicted molar refractivity (Wildman–Crippen MR) is 70.7 cm³/mol. The third-order valence-electron chi connectivity index (χ3n) is 2.37. The zero-order valence-electron chi connectivity index (χ0n) is 9.94. The Kier molecular flexibility index (Phi) is 4.74. The van der Waals surface area contributed by atoms with Crippen molar-refractivity contribution in [1.29, 1.82) is 0 Å². The smallest absolute Gasteiger partial charge is 0.222 e. The quantitative estimate of drug-likeness (QED) is 0.904. The van der Waals surface area contributed by atoms with Crippen molar-refractivity contribution >= 4 is 27.5 Å². The van der Waals surface area contributed by atoms with E-state index in [1.807, 2.05) is 4.57 Å². The van der Waals surface area contributed by atoms with Crippen LogP contribution in [0.25, 0.3) is 0 Å². The molecule has 0 aliphatic carbocycles. The topological polar surface area (TPSA) is 68.3 Å². The molecule has 0 fully saturated rings. The number of anilines is 1. The number of carbonyl (C=O) groups excluding carboxylic acids is 1. The molecule has 17 heavy (non-hydrogen) atoms. The lowest BCUT2D eigenvalue weighted by Crippen LogP contribution is -2.21. The van der Waals surface area contributed by atoms with Gasteiger partial charge >= 0.3 is 0 Å². The van der Waals surface area contributed by atoms with E-state index < -0.39 is 0 Å². The SMILES string of the molecule is CN(C)C(=O)CCCn1cc(N)c(=O)c(Br)c1. The molecule has 94 valence electrons. The van der Waals surface area contributed by atoms with Gasteiger partial charge in [0.2, 0.25) is 11.3 Å². The molecule has 0 saturated heterocycles. The average Bonchev–Trinajstić information content (AvgIpc) is 2.25. The maximum absolute atomic E-state index is 11.4. The lowest BCUT2D eigenvalue weighted by atomic mass is 10.3. The summed E-state index contributed by atoms with van der Waals surface area (Å²) in [5, 5.41) is 0. The number of hydrogen-bond acceptors (Lipinski definition) is 3. The van der Waals surface area contributed by atoms with Gasteiger partial charge in [-0.1, -0.05) is 0 Å². The molecule has 1 heterocycles. The van der Waals surface area contributed by atoms with Gasteiger partial charge in [0.15, 0.2) is 0 Å². The van der Waals surface area contributed by atoms with Crippen LogP contribution in [0.15, 0.2) is 21.7 Å². The van der Waals surface area contributed by atoms with Gasteiger partial charge in [0.1, 0.15) is 0 Å². The molecule has 1 aromatic rings. The van der Waals surface area contributed by atoms with E-state index in [0.717, 1.165) is 0 Å². The Balaban J connectivity index is 2.59. The molecule has 0 aliphatic rings. The molecule has 1 aromatic heterocycles. The fourth-order valence-electron chi connectivity index (χ4n) is 1.38. The predicted octanol–water partition coefficient (Wildman–Crippen LogP) is 1.06. The molecule has 0 spiro atoms. The summed E-state index contributed by atoms with van der Waals surface area (Å²) in [4.78, 5) is 24.3. The molecule has 6 heteroatoms. The summed E-state index contributed by atoms with van der Waals surface area (Å²) in [6.07, 6.45) is 4.47. The number of aromatic nitrogens is 1. The van der Waals surface area contributed by atoms with E-state index >= 15 is 0 Å². The Bertz CT molecular complexity index is 442. The zero-order valence-corrected chi connectivity index (χ0v) is 11.5. The van der Waals surface area contributed by atoms with Crippen molar-refractivity contribution in [2.24, 2.45) is 0 Å². The fourth-order valence-corrected chi connectivity index (χ4v) is 1.87. The van der Waals surface area contributed by atoms with E-state index in [1.54, 1.807) is 31.4 Å². The molecule has 0 atom stereocenters. The number of halogens is 1. The zero-order chi connectivity index (χ0) is 13.0. The number of nitrogen functional groups attached to an aromatic ring is 1. The van der Waals surface area contributed by atoms with Gasteiger partial charge in [-0.25, -0.2) is 0 Å². The number of pyridine rings is 1. The summed E-state index contributed by atoms with van der Waals surface area (Å²) < 4.78 is 2.25. The van der Waals surface area contributed by atoms with Gasteiger partial charge in [0.05, 0.1) is 10.2 Å². The minimum absolute atomic E-state index is 0.0954. The summed E-state index contributed by atoms with van der Waals surface area (Å²) in [5.41, 5.74) is 5.57. The highest BCUT2D eigenvalue weighted by atomic mass is 79.9. The number of carbonyl (C=O) groups is 1. The first kappa shape index (κ1) is 13.8. The maximum atomic E-state index is 11.4.